The molecule has 6 nitrogen and oxygen atoms in total. The van der Waals surface area contributed by atoms with E-state index < -0.39 is 25.5 Å². The zero-order valence-electron chi connectivity index (χ0n) is 19.5. The molecule has 0 amide bonds. The summed E-state index contributed by atoms with van der Waals surface area (Å²) in [6, 6.07) is 0. The summed E-state index contributed by atoms with van der Waals surface area (Å²) in [5.74, 6) is -2.51. The molecule has 0 N–H and O–H groups in total. The van der Waals surface area contributed by atoms with Crippen LogP contribution < -0.4 is 0 Å². The maximum Gasteiger partial charge on any atom is 0.330 e. The molecule has 0 aromatic carbocycles. The Bertz CT molecular complexity index is 659. The number of Topliss-reactive ketones (excluding diaryl/α,β-unsaturated/α-hetero) is 1. The number of esters is 1. The smallest absolute Gasteiger partial charge is 0.330 e. The predicted octanol–water partition coefficient (Wildman–Crippen LogP) is 4.41. The first kappa shape index (κ1) is 25.8. The summed E-state index contributed by atoms with van der Waals surface area (Å²) in [5.41, 5.74) is -0.471. The SMILES string of the molecule is C=CC[C@@H]1CC(=CC(=O)OC)C(=O)[C@](OC)(C(C)(C)CO[Si](C)(C)C(C)(C)C)O1. The predicted molar refractivity (Wildman–Crippen MR) is 116 cm³/mol. The topological polar surface area (TPSA) is 71.1 Å². The van der Waals surface area contributed by atoms with Gasteiger partial charge in [0.25, 0.3) is 0 Å². The third-order valence-electron chi connectivity index (χ3n) is 6.07. The number of hydrogen-bond donors (Lipinski definition) is 0. The van der Waals surface area contributed by atoms with Crippen LogP contribution in [0.5, 0.6) is 0 Å². The second-order valence-electron chi connectivity index (χ2n) is 9.74. The molecule has 0 spiro atoms. The van der Waals surface area contributed by atoms with Gasteiger partial charge in [0, 0.05) is 37.2 Å². The van der Waals surface area contributed by atoms with Crippen LogP contribution in [0.3, 0.4) is 0 Å². The van der Waals surface area contributed by atoms with Gasteiger partial charge in [-0.05, 0) is 24.6 Å². The minimum atomic E-state index is -2.05. The highest BCUT2D eigenvalue weighted by Gasteiger charge is 2.58. The molecule has 2 atom stereocenters. The van der Waals surface area contributed by atoms with Gasteiger partial charge >= 0.3 is 5.97 Å². The molecule has 1 heterocycles. The van der Waals surface area contributed by atoms with Crippen LogP contribution in [0.2, 0.25) is 18.1 Å². The van der Waals surface area contributed by atoms with Gasteiger partial charge < -0.3 is 18.6 Å². The monoisotopic (exact) mass is 426 g/mol. The Labute approximate surface area is 176 Å². The Hall–Kier alpha value is -1.28. The van der Waals surface area contributed by atoms with E-state index in [2.05, 4.69) is 40.4 Å². The highest BCUT2D eigenvalue weighted by atomic mass is 28.4. The van der Waals surface area contributed by atoms with Crippen molar-refractivity contribution in [1.82, 2.24) is 0 Å². The molecule has 0 saturated carbocycles. The molecule has 0 aliphatic carbocycles. The number of rotatable bonds is 8. The van der Waals surface area contributed by atoms with E-state index in [4.69, 9.17) is 18.6 Å². The Morgan fingerprint density at radius 3 is 2.31 bits per heavy atom. The van der Waals surface area contributed by atoms with Gasteiger partial charge in [-0.3, -0.25) is 4.79 Å². The van der Waals surface area contributed by atoms with E-state index in [-0.39, 0.29) is 23.5 Å². The van der Waals surface area contributed by atoms with Gasteiger partial charge in [-0.2, -0.15) is 0 Å². The van der Waals surface area contributed by atoms with Crippen LogP contribution in [0.25, 0.3) is 0 Å². The number of methoxy groups -OCH3 is 2. The molecule has 1 saturated heterocycles. The van der Waals surface area contributed by atoms with Crippen molar-refractivity contribution in [2.75, 3.05) is 20.8 Å². The molecule has 1 fully saturated rings. The fourth-order valence-corrected chi connectivity index (χ4v) is 4.23. The molecule has 1 aliphatic heterocycles. The normalized spacial score (nSPS) is 25.2. The fraction of sp³-hybridized carbons (Fsp3) is 0.727. The minimum Gasteiger partial charge on any atom is -0.466 e. The molecular weight excluding hydrogens is 388 g/mol. The maximum absolute atomic E-state index is 13.5. The van der Waals surface area contributed by atoms with E-state index in [0.29, 0.717) is 18.4 Å². The quantitative estimate of drug-likeness (QED) is 0.248. The molecular formula is C22H38O6Si. The van der Waals surface area contributed by atoms with E-state index in [1.807, 2.05) is 13.8 Å². The number of carbonyl (C=O) groups is 2. The van der Waals surface area contributed by atoms with Crippen molar-refractivity contribution >= 4 is 20.1 Å². The summed E-state index contributed by atoms with van der Waals surface area (Å²) in [6.07, 6.45) is 3.45. The molecule has 0 radical (unpaired) electrons. The Morgan fingerprint density at radius 1 is 1.28 bits per heavy atom. The standard InChI is InChI=1S/C22H38O6Si/c1-11-12-17-13-16(14-18(23)25-7)19(24)22(26-8,28-17)21(5,6)15-27-29(9,10)20(2,3)4/h11,14,17H,1,12-13,15H2,2-10H3/t17-,22-/m1/s1. The highest BCUT2D eigenvalue weighted by Crippen LogP contribution is 2.45. The van der Waals surface area contributed by atoms with Gasteiger partial charge in [-0.25, -0.2) is 4.79 Å². The van der Waals surface area contributed by atoms with E-state index in [1.165, 1.54) is 20.3 Å². The van der Waals surface area contributed by atoms with E-state index >= 15 is 0 Å². The second kappa shape index (κ2) is 9.25. The van der Waals surface area contributed by atoms with Gasteiger partial charge in [-0.1, -0.05) is 40.7 Å². The summed E-state index contributed by atoms with van der Waals surface area (Å²) in [6.45, 7) is 18.7. The largest absolute Gasteiger partial charge is 0.466 e. The summed E-state index contributed by atoms with van der Waals surface area (Å²) >= 11 is 0. The molecule has 7 heteroatoms. The Kier molecular flexibility index (Phi) is 8.21. The number of ether oxygens (including phenoxy) is 3. The fourth-order valence-electron chi connectivity index (χ4n) is 3.08. The van der Waals surface area contributed by atoms with Gasteiger partial charge in [0.1, 0.15) is 0 Å². The zero-order chi connectivity index (χ0) is 22.7. The first-order valence-corrected chi connectivity index (χ1v) is 12.9. The summed E-state index contributed by atoms with van der Waals surface area (Å²) < 4.78 is 23.1. The van der Waals surface area contributed by atoms with Crippen molar-refractivity contribution < 1.29 is 28.2 Å². The van der Waals surface area contributed by atoms with Gasteiger partial charge in [-0.15, -0.1) is 6.58 Å². The van der Waals surface area contributed by atoms with E-state index in [1.54, 1.807) is 6.08 Å². The molecule has 1 aliphatic rings. The third kappa shape index (κ3) is 5.45. The first-order valence-electron chi connectivity index (χ1n) is 9.98. The van der Waals surface area contributed by atoms with Crippen molar-refractivity contribution in [3.8, 4) is 0 Å². The second-order valence-corrected chi connectivity index (χ2v) is 14.6. The summed E-state index contributed by atoms with van der Waals surface area (Å²) in [4.78, 5) is 25.3. The number of carbonyl (C=O) groups excluding carboxylic acids is 2. The maximum atomic E-state index is 13.5. The molecule has 0 bridgehead atoms. The lowest BCUT2D eigenvalue weighted by Crippen LogP contribution is -2.62. The zero-order valence-corrected chi connectivity index (χ0v) is 20.5. The van der Waals surface area contributed by atoms with Gasteiger partial charge in [0.05, 0.1) is 13.2 Å². The average Bonchev–Trinajstić information content (AvgIpc) is 2.61. The van der Waals surface area contributed by atoms with E-state index in [0.717, 1.165) is 0 Å². The Balaban J connectivity index is 3.34. The van der Waals surface area contributed by atoms with Crippen LogP contribution in [0.1, 0.15) is 47.5 Å². The first-order chi connectivity index (χ1) is 13.2. The van der Waals surface area contributed by atoms with Gasteiger partial charge in [0.2, 0.25) is 11.6 Å². The van der Waals surface area contributed by atoms with Crippen molar-refractivity contribution in [1.29, 1.82) is 0 Å². The molecule has 1 rings (SSSR count). The number of hydrogen-bond acceptors (Lipinski definition) is 6. The van der Waals surface area contributed by atoms with Crippen molar-refractivity contribution in [3.63, 3.8) is 0 Å². The molecule has 0 unspecified atom stereocenters. The molecule has 166 valence electrons. The lowest BCUT2D eigenvalue weighted by Gasteiger charge is -2.49. The van der Waals surface area contributed by atoms with E-state index in [9.17, 15) is 9.59 Å². The van der Waals surface area contributed by atoms with Crippen LogP contribution in [0.15, 0.2) is 24.3 Å². The third-order valence-corrected chi connectivity index (χ3v) is 10.6. The van der Waals surface area contributed by atoms with Crippen molar-refractivity contribution in [2.45, 2.75) is 77.5 Å². The highest BCUT2D eigenvalue weighted by molar-refractivity contribution is 6.74. The average molecular weight is 427 g/mol. The van der Waals surface area contributed by atoms with Gasteiger partial charge in [0.15, 0.2) is 8.32 Å². The van der Waals surface area contributed by atoms with Crippen LogP contribution in [-0.2, 0) is 28.2 Å². The lowest BCUT2D eigenvalue weighted by molar-refractivity contribution is -0.289. The summed E-state index contributed by atoms with van der Waals surface area (Å²) in [5, 5.41) is 0.0298. The lowest BCUT2D eigenvalue weighted by atomic mass is 9.76. The van der Waals surface area contributed by atoms with Crippen molar-refractivity contribution in [3.05, 3.63) is 24.3 Å². The van der Waals surface area contributed by atoms with Crippen LogP contribution in [0.4, 0.5) is 0 Å². The molecule has 0 aromatic heterocycles. The van der Waals surface area contributed by atoms with Crippen LogP contribution in [0, 0.1) is 5.41 Å². The summed E-state index contributed by atoms with van der Waals surface area (Å²) in [7, 11) is 0.685. The number of ketones is 1. The van der Waals surface area contributed by atoms with Crippen LogP contribution in [-0.4, -0.2) is 52.8 Å². The Morgan fingerprint density at radius 2 is 1.86 bits per heavy atom. The molecule has 0 aromatic rings. The van der Waals surface area contributed by atoms with Crippen molar-refractivity contribution in [2.24, 2.45) is 5.41 Å². The van der Waals surface area contributed by atoms with Crippen LogP contribution >= 0.6 is 0 Å². The minimum absolute atomic E-state index is 0.0298. The molecule has 29 heavy (non-hydrogen) atoms.